The van der Waals surface area contributed by atoms with Crippen LogP contribution in [0.1, 0.15) is 32.4 Å². The molecule has 19 heavy (non-hydrogen) atoms. The molecule has 0 saturated heterocycles. The van der Waals surface area contributed by atoms with Gasteiger partial charge in [0.1, 0.15) is 0 Å². The lowest BCUT2D eigenvalue weighted by Crippen LogP contribution is -2.24. The third kappa shape index (κ3) is 5.73. The average molecular weight is 290 g/mol. The fraction of sp³-hybridized carbons (Fsp3) is 0.667. The van der Waals surface area contributed by atoms with Crippen LogP contribution in [0, 0.1) is 0 Å². The van der Waals surface area contributed by atoms with Crippen molar-refractivity contribution in [2.24, 2.45) is 0 Å². The summed E-state index contributed by atoms with van der Waals surface area (Å²) in [6, 6.07) is 1.42. The fourth-order valence-electron chi connectivity index (χ4n) is 1.50. The molecule has 0 aromatic carbocycles. The molecule has 7 heteroatoms. The summed E-state index contributed by atoms with van der Waals surface area (Å²) in [6.07, 6.45) is 3.11. The Balaban J connectivity index is 2.31. The normalized spacial score (nSPS) is 12.2. The fourth-order valence-corrected chi connectivity index (χ4v) is 2.59. The van der Waals surface area contributed by atoms with E-state index in [1.165, 1.54) is 12.3 Å². The van der Waals surface area contributed by atoms with Gasteiger partial charge in [0, 0.05) is 25.0 Å². The van der Waals surface area contributed by atoms with Crippen molar-refractivity contribution in [2.45, 2.75) is 44.3 Å². The minimum atomic E-state index is -3.49. The van der Waals surface area contributed by atoms with Gasteiger partial charge in [-0.1, -0.05) is 0 Å². The summed E-state index contributed by atoms with van der Waals surface area (Å²) in [5.41, 5.74) is 0.478. The lowest BCUT2D eigenvalue weighted by molar-refractivity contribution is 0.0762. The Kier molecular flexibility index (Phi) is 6.50. The highest BCUT2D eigenvalue weighted by molar-refractivity contribution is 7.89. The van der Waals surface area contributed by atoms with Crippen LogP contribution in [0.4, 0.5) is 0 Å². The molecule has 3 N–H and O–H groups in total. The van der Waals surface area contributed by atoms with E-state index in [0.717, 1.165) is 12.8 Å². The van der Waals surface area contributed by atoms with Crippen LogP contribution in [-0.4, -0.2) is 37.8 Å². The summed E-state index contributed by atoms with van der Waals surface area (Å²) >= 11 is 0. The van der Waals surface area contributed by atoms with Gasteiger partial charge in [0.05, 0.1) is 17.6 Å². The van der Waals surface area contributed by atoms with E-state index < -0.39 is 10.0 Å². The summed E-state index contributed by atoms with van der Waals surface area (Å²) in [4.78, 5) is 2.84. The molecule has 0 atom stereocenters. The van der Waals surface area contributed by atoms with Crippen LogP contribution in [0.3, 0.4) is 0 Å². The number of aromatic nitrogens is 1. The van der Waals surface area contributed by atoms with Gasteiger partial charge in [-0.3, -0.25) is 0 Å². The zero-order chi connectivity index (χ0) is 14.3. The van der Waals surface area contributed by atoms with Gasteiger partial charge in [0.25, 0.3) is 0 Å². The molecule has 0 spiro atoms. The minimum absolute atomic E-state index is 0.148. The third-order valence-corrected chi connectivity index (χ3v) is 3.95. The molecule has 1 aromatic heterocycles. The highest BCUT2D eigenvalue weighted by Gasteiger charge is 2.14. The maximum Gasteiger partial charge on any atom is 0.242 e. The first-order valence-corrected chi connectivity index (χ1v) is 7.83. The van der Waals surface area contributed by atoms with Crippen LogP contribution in [0.5, 0.6) is 0 Å². The Bertz CT molecular complexity index is 468. The SMILES string of the molecule is CC(C)OCCCCNS(=O)(=O)c1c[nH]c(CO)c1. The lowest BCUT2D eigenvalue weighted by Gasteiger charge is -2.07. The number of hydrogen-bond acceptors (Lipinski definition) is 4. The molecule has 0 radical (unpaired) electrons. The molecule has 110 valence electrons. The predicted octanol–water partition coefficient (Wildman–Crippen LogP) is 0.990. The molecule has 0 amide bonds. The summed E-state index contributed by atoms with van der Waals surface area (Å²) in [5, 5.41) is 8.87. The molecule has 1 heterocycles. The van der Waals surface area contributed by atoms with Gasteiger partial charge in [-0.2, -0.15) is 0 Å². The number of rotatable bonds is 9. The number of nitrogens with one attached hydrogen (secondary N) is 2. The molecule has 1 aromatic rings. The van der Waals surface area contributed by atoms with E-state index >= 15 is 0 Å². The molecular weight excluding hydrogens is 268 g/mol. The summed E-state index contributed by atoms with van der Waals surface area (Å²) in [6.45, 7) is 4.74. The largest absolute Gasteiger partial charge is 0.390 e. The molecule has 0 aliphatic heterocycles. The summed E-state index contributed by atoms with van der Waals surface area (Å²) in [5.74, 6) is 0. The van der Waals surface area contributed by atoms with Crippen LogP contribution in [-0.2, 0) is 21.4 Å². The molecule has 0 unspecified atom stereocenters. The molecule has 0 bridgehead atoms. The lowest BCUT2D eigenvalue weighted by atomic mass is 10.3. The topological polar surface area (TPSA) is 91.4 Å². The molecule has 0 fully saturated rings. The van der Waals surface area contributed by atoms with Crippen LogP contribution < -0.4 is 4.72 Å². The van der Waals surface area contributed by atoms with E-state index in [4.69, 9.17) is 9.84 Å². The minimum Gasteiger partial charge on any atom is -0.390 e. The highest BCUT2D eigenvalue weighted by atomic mass is 32.2. The van der Waals surface area contributed by atoms with E-state index in [9.17, 15) is 8.42 Å². The first-order chi connectivity index (χ1) is 8.95. The van der Waals surface area contributed by atoms with E-state index in [1.54, 1.807) is 0 Å². The van der Waals surface area contributed by atoms with Gasteiger partial charge in [-0.15, -0.1) is 0 Å². The first kappa shape index (κ1) is 16.2. The molecule has 1 rings (SSSR count). The smallest absolute Gasteiger partial charge is 0.242 e. The van der Waals surface area contributed by atoms with Crippen molar-refractivity contribution in [3.8, 4) is 0 Å². The Hall–Kier alpha value is -0.890. The van der Waals surface area contributed by atoms with E-state index in [-0.39, 0.29) is 17.6 Å². The maximum absolute atomic E-state index is 11.9. The van der Waals surface area contributed by atoms with Crippen LogP contribution in [0.25, 0.3) is 0 Å². The standard InChI is InChI=1S/C12H22N2O4S/c1-10(2)18-6-4-3-5-14-19(16,17)12-7-11(9-15)13-8-12/h7-8,10,13-15H,3-6,9H2,1-2H3. The van der Waals surface area contributed by atoms with E-state index in [0.29, 0.717) is 18.8 Å². The maximum atomic E-state index is 11.9. The van der Waals surface area contributed by atoms with Gasteiger partial charge in [0.2, 0.25) is 10.0 Å². The second-order valence-corrected chi connectivity index (χ2v) is 6.31. The van der Waals surface area contributed by atoms with Gasteiger partial charge >= 0.3 is 0 Å². The monoisotopic (exact) mass is 290 g/mol. The van der Waals surface area contributed by atoms with Crippen LogP contribution >= 0.6 is 0 Å². The second-order valence-electron chi connectivity index (χ2n) is 4.54. The number of H-pyrrole nitrogens is 1. The van der Waals surface area contributed by atoms with E-state index in [2.05, 4.69) is 9.71 Å². The quantitative estimate of drug-likeness (QED) is 0.591. The summed E-state index contributed by atoms with van der Waals surface area (Å²) in [7, 11) is -3.49. The zero-order valence-corrected chi connectivity index (χ0v) is 12.2. The molecule has 0 aliphatic carbocycles. The number of aliphatic hydroxyl groups is 1. The van der Waals surface area contributed by atoms with Crippen molar-refractivity contribution in [1.82, 2.24) is 9.71 Å². The molecular formula is C12H22N2O4S. The van der Waals surface area contributed by atoms with Crippen molar-refractivity contribution >= 4 is 10.0 Å². The van der Waals surface area contributed by atoms with Gasteiger partial charge in [0.15, 0.2) is 0 Å². The number of sulfonamides is 1. The highest BCUT2D eigenvalue weighted by Crippen LogP contribution is 2.10. The number of aliphatic hydroxyl groups excluding tert-OH is 1. The number of aromatic amines is 1. The number of hydrogen-bond donors (Lipinski definition) is 3. The van der Waals surface area contributed by atoms with Gasteiger partial charge in [-0.25, -0.2) is 13.1 Å². The number of unbranched alkanes of at least 4 members (excludes halogenated alkanes) is 1. The second kappa shape index (κ2) is 7.64. The number of ether oxygens (including phenoxy) is 1. The Morgan fingerprint density at radius 2 is 2.16 bits per heavy atom. The molecule has 0 saturated carbocycles. The third-order valence-electron chi connectivity index (χ3n) is 2.51. The van der Waals surface area contributed by atoms with Gasteiger partial charge in [-0.05, 0) is 32.8 Å². The molecule has 6 nitrogen and oxygen atoms in total. The van der Waals surface area contributed by atoms with E-state index in [1.807, 2.05) is 13.8 Å². The van der Waals surface area contributed by atoms with Crippen LogP contribution in [0.2, 0.25) is 0 Å². The average Bonchev–Trinajstić information content (AvgIpc) is 2.82. The van der Waals surface area contributed by atoms with Crippen molar-refractivity contribution < 1.29 is 18.3 Å². The van der Waals surface area contributed by atoms with Crippen molar-refractivity contribution in [3.63, 3.8) is 0 Å². The van der Waals surface area contributed by atoms with Crippen molar-refractivity contribution in [2.75, 3.05) is 13.2 Å². The Labute approximate surface area is 114 Å². The first-order valence-electron chi connectivity index (χ1n) is 6.35. The Morgan fingerprint density at radius 1 is 1.42 bits per heavy atom. The van der Waals surface area contributed by atoms with Crippen LogP contribution in [0.15, 0.2) is 17.2 Å². The van der Waals surface area contributed by atoms with Crippen molar-refractivity contribution in [3.05, 3.63) is 18.0 Å². The molecule has 0 aliphatic rings. The summed E-state index contributed by atoms with van der Waals surface area (Å²) < 4.78 is 31.6. The zero-order valence-electron chi connectivity index (χ0n) is 11.3. The van der Waals surface area contributed by atoms with Gasteiger partial charge < -0.3 is 14.8 Å². The predicted molar refractivity (Wildman–Crippen MR) is 72.2 cm³/mol. The Morgan fingerprint density at radius 3 is 2.74 bits per heavy atom. The van der Waals surface area contributed by atoms with Crippen molar-refractivity contribution in [1.29, 1.82) is 0 Å².